The van der Waals surface area contributed by atoms with E-state index in [4.69, 9.17) is 34.9 Å². The van der Waals surface area contributed by atoms with Gasteiger partial charge in [-0.2, -0.15) is 0 Å². The Labute approximate surface area is 844 Å². The molecule has 0 saturated heterocycles. The van der Waals surface area contributed by atoms with Crippen molar-refractivity contribution in [2.24, 2.45) is 0 Å². The van der Waals surface area contributed by atoms with E-state index in [1.54, 1.807) is 0 Å². The van der Waals surface area contributed by atoms with Gasteiger partial charge in [-0.1, -0.05) is 394 Å². The van der Waals surface area contributed by atoms with E-state index in [-0.39, 0.29) is 0 Å². The molecule has 680 valence electrons. The van der Waals surface area contributed by atoms with Crippen molar-refractivity contribution in [3.8, 4) is 174 Å². The molecule has 10 heteroatoms. The lowest BCUT2D eigenvalue weighted by Gasteiger charge is -2.16. The summed E-state index contributed by atoms with van der Waals surface area (Å²) in [7, 11) is 0. The van der Waals surface area contributed by atoms with Crippen LogP contribution in [0.15, 0.2) is 497 Å². The molecular formula is C137H82N10. The molecule has 0 atom stereocenters. The Kier molecular flexibility index (Phi) is 18.9. The van der Waals surface area contributed by atoms with Gasteiger partial charge in [-0.15, -0.1) is 0 Å². The summed E-state index contributed by atoms with van der Waals surface area (Å²) >= 11 is 0. The zero-order chi connectivity index (χ0) is 96.4. The molecule has 0 bridgehead atoms. The van der Waals surface area contributed by atoms with Crippen LogP contribution in [0.25, 0.3) is 305 Å². The van der Waals surface area contributed by atoms with Crippen LogP contribution in [0.5, 0.6) is 0 Å². The summed E-state index contributed by atoms with van der Waals surface area (Å²) in [6, 6.07) is 178. The van der Waals surface area contributed by atoms with Crippen molar-refractivity contribution < 1.29 is 0 Å². The zero-order valence-electron chi connectivity index (χ0n) is 79.3. The number of rotatable bonds is 11. The second-order valence-electron chi connectivity index (χ2n) is 38.4. The quantitative estimate of drug-likeness (QED) is 0.127. The van der Waals surface area contributed by atoms with Crippen LogP contribution in [0.2, 0.25) is 0 Å². The van der Waals surface area contributed by atoms with Crippen molar-refractivity contribution in [2.45, 2.75) is 0 Å². The average molecular weight is 1870 g/mol. The van der Waals surface area contributed by atoms with Gasteiger partial charge in [-0.05, 0) is 246 Å². The highest BCUT2D eigenvalue weighted by atomic mass is 15.2. The van der Waals surface area contributed by atoms with Gasteiger partial charge in [-0.25, -0.2) is 34.9 Å². The SMILES string of the molecule is c1ccc(-c2cc3c4c5c6c(cccc6ccc5n(-c5ccc(-c6nc(-c7ccccc7)nc(-c7ccc8ccccc8c7)n6)cc5)c4c2)-c2ccccc2-3)cc1.c1ccc(-c2cc3c4c5c6c(cccc6ccc5n(-c5nc(-c6ccccc6)c6ccccc6n5)c4c2)-c2ccccc2-3)cc1.c1ccc(-c2cc3c4c5c6c(cccc6ccc5n(-c5nc6ccccc6nc5-c5ccccc5)c4c2)-c2ccccc2-3)cc1. The normalized spacial score (nSPS) is 11.9. The average Bonchev–Trinajstić information content (AvgIpc) is 1.55. The van der Waals surface area contributed by atoms with Crippen LogP contribution in [-0.4, -0.2) is 48.6 Å². The van der Waals surface area contributed by atoms with Crippen LogP contribution >= 0.6 is 0 Å². The van der Waals surface area contributed by atoms with Gasteiger partial charge in [0, 0.05) is 71.2 Å². The van der Waals surface area contributed by atoms with Gasteiger partial charge in [0.15, 0.2) is 23.3 Å². The van der Waals surface area contributed by atoms with Crippen LogP contribution in [0.1, 0.15) is 0 Å². The first-order chi connectivity index (χ1) is 72.9. The summed E-state index contributed by atoms with van der Waals surface area (Å²) in [4.78, 5) is 36.4. The third-order valence-electron chi connectivity index (χ3n) is 30.2. The standard InChI is InChI=1S/C53H32N4.2C42H25N3/c1-3-12-33(13-4-1)40-31-45-43-20-10-9-19-42(43)44-21-11-18-35-26-29-46-50(48(35)44)49(45)47(32-40)57(46)41-27-24-37(25-28-41)52-54-51(36-15-5-2-6-16-36)55-53(56-52)39-23-22-34-14-7-8-17-38(34)30-39;1-3-12-26(13-4-1)29-24-33-31-18-8-7-17-30(31)32-19-11-16-27-22-23-36-40(38(27)32)39(33)37(25-29)45(36)42-41(28-14-5-2-6-15-28)43-34-20-9-10-21-35(34)44-42;1-3-12-26(13-4-1)29-24-34-31-18-8-7-17-30(31)32-20-11-16-27-22-23-36-40(38(27)32)39(34)37(25-29)45(36)42-43-35-21-10-9-19-33(35)41(44-42)28-14-5-2-6-15-28/h1-32H;2*1-25H. The Morgan fingerprint density at radius 1 is 0.143 bits per heavy atom. The van der Waals surface area contributed by atoms with Gasteiger partial charge in [0.25, 0.3) is 0 Å². The second-order valence-corrected chi connectivity index (χ2v) is 38.4. The fraction of sp³-hybridized carbons (Fsp3) is 0. The first-order valence-corrected chi connectivity index (χ1v) is 50.1. The van der Waals surface area contributed by atoms with Crippen LogP contribution in [0, 0.1) is 0 Å². The predicted octanol–water partition coefficient (Wildman–Crippen LogP) is 35.3. The van der Waals surface area contributed by atoms with Crippen LogP contribution in [0.4, 0.5) is 0 Å². The van der Waals surface area contributed by atoms with Gasteiger partial charge in [-0.3, -0.25) is 9.13 Å². The summed E-state index contributed by atoms with van der Waals surface area (Å²) < 4.78 is 7.11. The Morgan fingerprint density at radius 3 is 0.939 bits per heavy atom. The summed E-state index contributed by atoms with van der Waals surface area (Å²) in [6.45, 7) is 0. The van der Waals surface area contributed by atoms with Crippen LogP contribution < -0.4 is 0 Å². The van der Waals surface area contributed by atoms with Gasteiger partial charge < -0.3 is 4.57 Å². The topological polar surface area (TPSA) is 105 Å². The van der Waals surface area contributed by atoms with Crippen molar-refractivity contribution in [1.82, 2.24) is 48.6 Å². The molecule has 0 spiro atoms. The molecule has 0 fully saturated rings. The minimum absolute atomic E-state index is 0.635. The number of nitrogens with zero attached hydrogens (tertiary/aromatic N) is 10. The molecule has 3 aliphatic rings. The molecule has 0 amide bonds. The molecule has 32 rings (SSSR count). The third-order valence-corrected chi connectivity index (χ3v) is 30.2. The summed E-state index contributed by atoms with van der Waals surface area (Å²) in [5, 5.41) is 18.5. The molecule has 0 N–H and O–H groups in total. The summed E-state index contributed by atoms with van der Waals surface area (Å²) in [5.41, 5.74) is 39.5. The number of benzene rings is 23. The molecule has 0 saturated carbocycles. The maximum atomic E-state index is 5.39. The highest BCUT2D eigenvalue weighted by Crippen LogP contribution is 2.57. The van der Waals surface area contributed by atoms with E-state index in [9.17, 15) is 0 Å². The first kappa shape index (κ1) is 83.0. The van der Waals surface area contributed by atoms with E-state index in [2.05, 4.69) is 463 Å². The molecule has 10 nitrogen and oxygen atoms in total. The molecule has 6 aromatic heterocycles. The third kappa shape index (κ3) is 13.3. The van der Waals surface area contributed by atoms with Gasteiger partial charge in [0.2, 0.25) is 5.95 Å². The molecule has 6 heterocycles. The van der Waals surface area contributed by atoms with E-state index in [0.717, 1.165) is 100 Å². The lowest BCUT2D eigenvalue weighted by atomic mass is 9.92. The fourth-order valence-corrected chi connectivity index (χ4v) is 23.6. The number of hydrogen-bond acceptors (Lipinski definition) is 7. The molecule has 23 aromatic carbocycles. The number of hydrogen-bond donors (Lipinski definition) is 0. The van der Waals surface area contributed by atoms with Crippen LogP contribution in [0.3, 0.4) is 0 Å². The molecule has 3 aliphatic carbocycles. The Bertz CT molecular complexity index is 10500. The number of fused-ring (bicyclic) bond motifs is 12. The van der Waals surface area contributed by atoms with Crippen molar-refractivity contribution in [1.29, 1.82) is 0 Å². The van der Waals surface area contributed by atoms with Crippen LogP contribution in [-0.2, 0) is 0 Å². The lowest BCUT2D eigenvalue weighted by Crippen LogP contribution is -2.04. The van der Waals surface area contributed by atoms with E-state index >= 15 is 0 Å². The summed E-state index contributed by atoms with van der Waals surface area (Å²) in [6.07, 6.45) is 0. The van der Waals surface area contributed by atoms with Crippen molar-refractivity contribution in [3.05, 3.63) is 497 Å². The second kappa shape index (κ2) is 33.4. The van der Waals surface area contributed by atoms with Gasteiger partial charge in [0.1, 0.15) is 5.69 Å². The Balaban J connectivity index is 0.000000103. The molecule has 0 unspecified atom stereocenters. The van der Waals surface area contributed by atoms with E-state index in [1.165, 1.54) is 181 Å². The number of aromatic nitrogens is 10. The van der Waals surface area contributed by atoms with E-state index in [1.807, 2.05) is 48.5 Å². The predicted molar refractivity (Wildman–Crippen MR) is 609 cm³/mol. The maximum Gasteiger partial charge on any atom is 0.235 e. The molecule has 29 aromatic rings. The van der Waals surface area contributed by atoms with Gasteiger partial charge in [0.05, 0.1) is 55.3 Å². The largest absolute Gasteiger partial charge is 0.309 e. The first-order valence-electron chi connectivity index (χ1n) is 50.1. The Morgan fingerprint density at radius 2 is 0.469 bits per heavy atom. The summed E-state index contributed by atoms with van der Waals surface area (Å²) in [5.74, 6) is 3.44. The molecule has 0 radical (unpaired) electrons. The van der Waals surface area contributed by atoms with Crippen molar-refractivity contribution in [3.63, 3.8) is 0 Å². The molecule has 0 aliphatic heterocycles. The van der Waals surface area contributed by atoms with E-state index in [0.29, 0.717) is 23.4 Å². The van der Waals surface area contributed by atoms with Crippen molar-refractivity contribution in [2.75, 3.05) is 0 Å². The lowest BCUT2D eigenvalue weighted by molar-refractivity contribution is 1.01. The highest BCUT2D eigenvalue weighted by molar-refractivity contribution is 6.34. The minimum atomic E-state index is 0.635. The Hall–Kier alpha value is -19.8. The molecular weight excluding hydrogens is 1790 g/mol. The highest BCUT2D eigenvalue weighted by Gasteiger charge is 2.33. The zero-order valence-corrected chi connectivity index (χ0v) is 79.3. The number of para-hydroxylation sites is 3. The smallest absolute Gasteiger partial charge is 0.235 e. The maximum absolute atomic E-state index is 5.39. The fourth-order valence-electron chi connectivity index (χ4n) is 23.6. The van der Waals surface area contributed by atoms with E-state index < -0.39 is 0 Å². The molecule has 147 heavy (non-hydrogen) atoms. The van der Waals surface area contributed by atoms with Crippen molar-refractivity contribution >= 4 is 130 Å². The minimum Gasteiger partial charge on any atom is -0.309 e. The van der Waals surface area contributed by atoms with Gasteiger partial charge >= 0.3 is 0 Å². The monoisotopic (exact) mass is 1870 g/mol.